The zero-order valence-corrected chi connectivity index (χ0v) is 16.8. The number of anilines is 2. The van der Waals surface area contributed by atoms with E-state index >= 15 is 0 Å². The Morgan fingerprint density at radius 2 is 1.67 bits per heavy atom. The fourth-order valence-electron chi connectivity index (χ4n) is 3.48. The zero-order valence-electron chi connectivity index (χ0n) is 16.8. The number of carbonyl (C=O) groups is 2. The van der Waals surface area contributed by atoms with Crippen molar-refractivity contribution >= 4 is 34.6 Å². The van der Waals surface area contributed by atoms with Crippen molar-refractivity contribution in [3.8, 4) is 0 Å². The maximum Gasteiger partial charge on any atom is 0.244 e. The normalized spacial score (nSPS) is 13.3. The van der Waals surface area contributed by atoms with Crippen LogP contribution in [0.25, 0.3) is 0 Å². The molecule has 1 aliphatic heterocycles. The van der Waals surface area contributed by atoms with Crippen LogP contribution in [0.4, 0.5) is 17.1 Å². The lowest BCUT2D eigenvalue weighted by Gasteiger charge is -2.21. The lowest BCUT2D eigenvalue weighted by atomic mass is 10.0. The molecule has 5 nitrogen and oxygen atoms in total. The van der Waals surface area contributed by atoms with Crippen molar-refractivity contribution in [3.63, 3.8) is 0 Å². The largest absolute Gasteiger partial charge is 0.325 e. The van der Waals surface area contributed by atoms with E-state index in [9.17, 15) is 9.59 Å². The fraction of sp³-hybridized carbons (Fsp3) is 0.160. The Kier molecular flexibility index (Phi) is 5.70. The van der Waals surface area contributed by atoms with Crippen LogP contribution in [0.5, 0.6) is 0 Å². The Bertz CT molecular complexity index is 1090. The second kappa shape index (κ2) is 8.74. The zero-order chi connectivity index (χ0) is 20.9. The Hall–Kier alpha value is -3.73. The predicted molar refractivity (Wildman–Crippen MR) is 121 cm³/mol. The third-order valence-electron chi connectivity index (χ3n) is 5.10. The minimum Gasteiger partial charge on any atom is -0.325 e. The number of rotatable bonds is 5. The summed E-state index contributed by atoms with van der Waals surface area (Å²) < 4.78 is 0. The van der Waals surface area contributed by atoms with Gasteiger partial charge in [0, 0.05) is 5.69 Å². The Morgan fingerprint density at radius 3 is 2.40 bits per heavy atom. The third kappa shape index (κ3) is 4.30. The predicted octanol–water partition coefficient (Wildman–Crippen LogP) is 4.75. The van der Waals surface area contributed by atoms with Crippen molar-refractivity contribution in [2.75, 3.05) is 16.8 Å². The third-order valence-corrected chi connectivity index (χ3v) is 5.10. The number of para-hydroxylation sites is 3. The highest BCUT2D eigenvalue weighted by atomic mass is 16.2. The molecule has 0 unspecified atom stereocenters. The number of carbonyl (C=O) groups excluding carboxylic acids is 2. The van der Waals surface area contributed by atoms with E-state index in [0.29, 0.717) is 22.8 Å². The molecule has 0 fully saturated rings. The molecule has 0 spiro atoms. The molecule has 1 N–H and O–H groups in total. The summed E-state index contributed by atoms with van der Waals surface area (Å²) in [5.41, 5.74) is 4.90. The molecular formula is C25H23N3O2. The van der Waals surface area contributed by atoms with Gasteiger partial charge in [-0.1, -0.05) is 61.5 Å². The van der Waals surface area contributed by atoms with Crippen molar-refractivity contribution in [3.05, 3.63) is 90.0 Å². The van der Waals surface area contributed by atoms with Crippen LogP contribution in [0.3, 0.4) is 0 Å². The number of benzene rings is 3. The van der Waals surface area contributed by atoms with Crippen LogP contribution in [0.2, 0.25) is 0 Å². The number of hydrogen-bond donors (Lipinski definition) is 1. The Labute approximate surface area is 176 Å². The summed E-state index contributed by atoms with van der Waals surface area (Å²) in [6.07, 6.45) is 1.09. The van der Waals surface area contributed by atoms with Gasteiger partial charge in [-0.2, -0.15) is 0 Å². The number of fused-ring (bicyclic) bond motifs is 1. The molecule has 0 atom stereocenters. The summed E-state index contributed by atoms with van der Waals surface area (Å²) in [5.74, 6) is -0.401. The van der Waals surface area contributed by atoms with E-state index in [4.69, 9.17) is 4.99 Å². The second-order valence-electron chi connectivity index (χ2n) is 7.17. The van der Waals surface area contributed by atoms with Gasteiger partial charge in [0.05, 0.1) is 23.5 Å². The molecule has 0 aromatic heterocycles. The van der Waals surface area contributed by atoms with Crippen LogP contribution in [0.1, 0.15) is 24.5 Å². The highest BCUT2D eigenvalue weighted by molar-refractivity contribution is 6.19. The first kappa shape index (κ1) is 19.6. The molecule has 0 saturated heterocycles. The average Bonchev–Trinajstić information content (AvgIpc) is 2.91. The number of aryl methyl sites for hydroxylation is 1. The molecule has 5 heteroatoms. The van der Waals surface area contributed by atoms with Crippen LogP contribution in [0, 0.1) is 0 Å². The van der Waals surface area contributed by atoms with Crippen LogP contribution in [-0.2, 0) is 16.0 Å². The van der Waals surface area contributed by atoms with Gasteiger partial charge in [0.25, 0.3) is 0 Å². The summed E-state index contributed by atoms with van der Waals surface area (Å²) in [6, 6.07) is 24.8. The monoisotopic (exact) mass is 397 g/mol. The molecular weight excluding hydrogens is 374 g/mol. The molecule has 150 valence electrons. The van der Waals surface area contributed by atoms with Gasteiger partial charge >= 0.3 is 0 Å². The molecule has 1 heterocycles. The summed E-state index contributed by atoms with van der Waals surface area (Å²) in [4.78, 5) is 32.1. The Morgan fingerprint density at radius 1 is 0.967 bits per heavy atom. The number of nitrogens with one attached hydrogen (secondary N) is 1. The van der Waals surface area contributed by atoms with Crippen molar-refractivity contribution in [1.82, 2.24) is 0 Å². The molecule has 1 aliphatic rings. The first-order valence-electron chi connectivity index (χ1n) is 10.0. The van der Waals surface area contributed by atoms with Gasteiger partial charge in [0.15, 0.2) is 0 Å². The van der Waals surface area contributed by atoms with E-state index in [1.54, 1.807) is 0 Å². The first-order chi connectivity index (χ1) is 14.6. The van der Waals surface area contributed by atoms with Crippen LogP contribution in [0.15, 0.2) is 83.9 Å². The fourth-order valence-corrected chi connectivity index (χ4v) is 3.48. The van der Waals surface area contributed by atoms with Gasteiger partial charge < -0.3 is 10.2 Å². The van der Waals surface area contributed by atoms with Crippen molar-refractivity contribution < 1.29 is 9.59 Å². The van der Waals surface area contributed by atoms with Crippen LogP contribution < -0.4 is 10.2 Å². The minimum atomic E-state index is -0.250. The maximum absolute atomic E-state index is 13.1. The molecule has 0 bridgehead atoms. The molecule has 3 aromatic rings. The van der Waals surface area contributed by atoms with E-state index in [1.165, 1.54) is 10.5 Å². The second-order valence-corrected chi connectivity index (χ2v) is 7.17. The highest BCUT2D eigenvalue weighted by Crippen LogP contribution is 2.32. The SMILES string of the molecule is CCc1ccc(C2=Nc3ccccc3N(CC(=O)Nc3ccccc3)C(=O)C2)cc1. The number of amides is 2. The lowest BCUT2D eigenvalue weighted by Crippen LogP contribution is -2.38. The van der Waals surface area contributed by atoms with Gasteiger partial charge in [-0.15, -0.1) is 0 Å². The summed E-state index contributed by atoms with van der Waals surface area (Å²) in [5, 5.41) is 2.85. The standard InChI is InChI=1S/C25H23N3O2/c1-2-18-12-14-19(15-13-18)22-16-25(30)28(23-11-7-6-10-21(23)27-22)17-24(29)26-20-8-4-3-5-9-20/h3-15H,2,16-17H2,1H3,(H,26,29). The quantitative estimate of drug-likeness (QED) is 0.676. The van der Waals surface area contributed by atoms with E-state index in [1.807, 2.05) is 66.7 Å². The summed E-state index contributed by atoms with van der Waals surface area (Å²) >= 11 is 0. The van der Waals surface area contributed by atoms with Gasteiger partial charge in [0.1, 0.15) is 6.54 Å². The smallest absolute Gasteiger partial charge is 0.244 e. The molecule has 0 radical (unpaired) electrons. The molecule has 30 heavy (non-hydrogen) atoms. The summed E-state index contributed by atoms with van der Waals surface area (Å²) in [7, 11) is 0. The summed E-state index contributed by atoms with van der Waals surface area (Å²) in [6.45, 7) is 2.04. The molecule has 3 aromatic carbocycles. The molecule has 4 rings (SSSR count). The van der Waals surface area contributed by atoms with Gasteiger partial charge in [-0.25, -0.2) is 0 Å². The molecule has 0 aliphatic carbocycles. The molecule has 2 amide bonds. The van der Waals surface area contributed by atoms with Gasteiger partial charge in [-0.3, -0.25) is 14.6 Å². The highest BCUT2D eigenvalue weighted by Gasteiger charge is 2.26. The number of hydrogen-bond acceptors (Lipinski definition) is 3. The van der Waals surface area contributed by atoms with Gasteiger partial charge in [0.2, 0.25) is 11.8 Å². The van der Waals surface area contributed by atoms with Crippen molar-refractivity contribution in [1.29, 1.82) is 0 Å². The Balaban J connectivity index is 1.61. The average molecular weight is 397 g/mol. The van der Waals surface area contributed by atoms with Crippen molar-refractivity contribution in [2.24, 2.45) is 4.99 Å². The topological polar surface area (TPSA) is 61.8 Å². The first-order valence-corrected chi connectivity index (χ1v) is 10.0. The van der Waals surface area contributed by atoms with Gasteiger partial charge in [-0.05, 0) is 41.8 Å². The van der Waals surface area contributed by atoms with E-state index < -0.39 is 0 Å². The van der Waals surface area contributed by atoms with E-state index in [2.05, 4.69) is 24.4 Å². The number of aliphatic imine (C=N–C) groups is 1. The molecule has 0 saturated carbocycles. The van der Waals surface area contributed by atoms with E-state index in [0.717, 1.165) is 12.0 Å². The lowest BCUT2D eigenvalue weighted by molar-refractivity contribution is -0.120. The van der Waals surface area contributed by atoms with E-state index in [-0.39, 0.29) is 24.8 Å². The van der Waals surface area contributed by atoms with Crippen molar-refractivity contribution in [2.45, 2.75) is 19.8 Å². The number of nitrogens with zero attached hydrogens (tertiary/aromatic N) is 2. The van der Waals surface area contributed by atoms with Crippen LogP contribution in [-0.4, -0.2) is 24.1 Å². The minimum absolute atomic E-state index is 0.0671. The maximum atomic E-state index is 13.1. The van der Waals surface area contributed by atoms with Crippen LogP contribution >= 0.6 is 0 Å².